The zero-order valence-electron chi connectivity index (χ0n) is 14.0. The van der Waals surface area contributed by atoms with Crippen molar-refractivity contribution in [2.45, 2.75) is 0 Å². The molecule has 0 aliphatic heterocycles. The molecule has 2 aromatic carbocycles. The summed E-state index contributed by atoms with van der Waals surface area (Å²) in [4.78, 5) is 59.0. The highest BCUT2D eigenvalue weighted by molar-refractivity contribution is 6.21. The van der Waals surface area contributed by atoms with Crippen molar-refractivity contribution in [2.24, 2.45) is 0 Å². The second kappa shape index (κ2) is 6.13. The standard InChI is InChI=1S/C18H12N4O6/c23-11-5-19-15(25)7-1-2-8(16(26)20-6-12(24)21-11)14-10-4-3-9(13(7)14)17(27)22-18(10)28/h1-6,21,23-24H,(H,19,25)(H,20,26)(H,22,27,28). The van der Waals surface area contributed by atoms with Gasteiger partial charge < -0.3 is 20.2 Å². The van der Waals surface area contributed by atoms with Crippen molar-refractivity contribution < 1.29 is 10.2 Å². The Morgan fingerprint density at radius 3 is 1.29 bits per heavy atom. The van der Waals surface area contributed by atoms with Gasteiger partial charge in [0, 0.05) is 32.3 Å². The van der Waals surface area contributed by atoms with Crippen molar-refractivity contribution in [3.63, 3.8) is 0 Å². The summed E-state index contributed by atoms with van der Waals surface area (Å²) in [6, 6.07) is 5.47. The number of aromatic amines is 4. The number of benzene rings is 2. The third-order valence-corrected chi connectivity index (χ3v) is 4.30. The average molecular weight is 380 g/mol. The van der Waals surface area contributed by atoms with Crippen molar-refractivity contribution in [3.8, 4) is 11.8 Å². The van der Waals surface area contributed by atoms with Crippen LogP contribution in [-0.2, 0) is 0 Å². The van der Waals surface area contributed by atoms with Gasteiger partial charge in [-0.3, -0.25) is 29.1 Å². The summed E-state index contributed by atoms with van der Waals surface area (Å²) in [5, 5.41) is 19.8. The van der Waals surface area contributed by atoms with Gasteiger partial charge in [-0.25, -0.2) is 0 Å². The van der Waals surface area contributed by atoms with Crippen LogP contribution in [0.25, 0.3) is 32.3 Å². The molecule has 140 valence electrons. The zero-order valence-corrected chi connectivity index (χ0v) is 14.0. The predicted molar refractivity (Wildman–Crippen MR) is 102 cm³/mol. The number of hydrogen-bond acceptors (Lipinski definition) is 6. The van der Waals surface area contributed by atoms with Crippen molar-refractivity contribution >= 4 is 32.3 Å². The molecular weight excluding hydrogens is 368 g/mol. The first-order valence-electron chi connectivity index (χ1n) is 7.99. The molecule has 0 atom stereocenters. The Labute approximate surface area is 153 Å². The highest BCUT2D eigenvalue weighted by Crippen LogP contribution is 2.27. The lowest BCUT2D eigenvalue weighted by Gasteiger charge is -2.02. The van der Waals surface area contributed by atoms with Gasteiger partial charge in [0.2, 0.25) is 11.8 Å². The second-order valence-corrected chi connectivity index (χ2v) is 5.99. The van der Waals surface area contributed by atoms with Crippen molar-refractivity contribution in [2.75, 3.05) is 0 Å². The molecule has 5 rings (SSSR count). The number of aromatic hydroxyl groups is 2. The van der Waals surface area contributed by atoms with E-state index >= 15 is 0 Å². The molecule has 0 unspecified atom stereocenters. The van der Waals surface area contributed by atoms with E-state index in [1.807, 2.05) is 0 Å². The quantitative estimate of drug-likeness (QED) is 0.258. The summed E-state index contributed by atoms with van der Waals surface area (Å²) in [6.45, 7) is 0. The van der Waals surface area contributed by atoms with E-state index in [-0.39, 0.29) is 32.3 Å². The van der Waals surface area contributed by atoms with Crippen LogP contribution >= 0.6 is 0 Å². The van der Waals surface area contributed by atoms with E-state index in [1.54, 1.807) is 0 Å². The number of hydrogen-bond donors (Lipinski definition) is 6. The Morgan fingerprint density at radius 1 is 0.536 bits per heavy atom. The van der Waals surface area contributed by atoms with Gasteiger partial charge in [0.05, 0.1) is 12.4 Å². The SMILES string of the molecule is O=c1[nH]cc(O)[nH]c(O)c[nH]c(=O)c2ccc1c1c3ccc(c(=O)[nH]c3=O)c21. The number of nitrogens with one attached hydrogen (secondary N) is 4. The van der Waals surface area contributed by atoms with E-state index in [4.69, 9.17) is 0 Å². The van der Waals surface area contributed by atoms with Crippen molar-refractivity contribution in [1.29, 1.82) is 0 Å². The molecular formula is C18H12N4O6. The molecule has 0 fully saturated rings. The van der Waals surface area contributed by atoms with Crippen LogP contribution in [0.3, 0.4) is 0 Å². The van der Waals surface area contributed by atoms with Crippen LogP contribution < -0.4 is 22.2 Å². The normalized spacial score (nSPS) is 11.0. The van der Waals surface area contributed by atoms with Crippen molar-refractivity contribution in [1.82, 2.24) is 19.9 Å². The molecule has 0 radical (unpaired) electrons. The molecule has 0 spiro atoms. The van der Waals surface area contributed by atoms with E-state index in [0.29, 0.717) is 0 Å². The first-order chi connectivity index (χ1) is 13.4. The van der Waals surface area contributed by atoms with Crippen LogP contribution in [0.15, 0.2) is 55.8 Å². The molecule has 4 bridgehead atoms. The molecule has 5 aromatic rings. The molecule has 0 aliphatic rings. The molecule has 0 saturated carbocycles. The Morgan fingerprint density at radius 2 is 0.893 bits per heavy atom. The average Bonchev–Trinajstić information content (AvgIpc) is 2.86. The smallest absolute Gasteiger partial charge is 0.258 e. The van der Waals surface area contributed by atoms with Crippen LogP contribution in [0.4, 0.5) is 0 Å². The summed E-state index contributed by atoms with van der Waals surface area (Å²) in [7, 11) is 0. The fourth-order valence-electron chi connectivity index (χ4n) is 3.12. The molecule has 0 amide bonds. The molecule has 0 saturated heterocycles. The molecule has 3 heterocycles. The van der Waals surface area contributed by atoms with Gasteiger partial charge in [-0.05, 0) is 24.3 Å². The molecule has 10 nitrogen and oxygen atoms in total. The number of fused-ring (bicyclic) bond motifs is 6. The predicted octanol–water partition coefficient (Wildman–Crippen LogP) is 0.435. The van der Waals surface area contributed by atoms with Crippen LogP contribution in [0.2, 0.25) is 0 Å². The highest BCUT2D eigenvalue weighted by Gasteiger charge is 2.14. The number of aromatic nitrogens is 4. The van der Waals surface area contributed by atoms with Crippen LogP contribution in [0, 0.1) is 0 Å². The Hall–Kier alpha value is -4.34. The maximum Gasteiger partial charge on any atom is 0.258 e. The Kier molecular flexibility index (Phi) is 3.74. The number of rotatable bonds is 0. The zero-order chi connectivity index (χ0) is 20.0. The monoisotopic (exact) mass is 380 g/mol. The van der Waals surface area contributed by atoms with E-state index in [9.17, 15) is 29.4 Å². The largest absolute Gasteiger partial charge is 0.493 e. The lowest BCUT2D eigenvalue weighted by molar-refractivity contribution is 0.413. The lowest BCUT2D eigenvalue weighted by Crippen LogP contribution is -2.12. The number of H-pyrrole nitrogens is 4. The van der Waals surface area contributed by atoms with Crippen molar-refractivity contribution in [3.05, 3.63) is 78.1 Å². The fraction of sp³-hybridized carbons (Fsp3) is 0. The van der Waals surface area contributed by atoms with Gasteiger partial charge in [0.15, 0.2) is 0 Å². The van der Waals surface area contributed by atoms with E-state index in [1.165, 1.54) is 24.3 Å². The molecule has 6 N–H and O–H groups in total. The van der Waals surface area contributed by atoms with Gasteiger partial charge in [-0.15, -0.1) is 0 Å². The second-order valence-electron chi connectivity index (χ2n) is 5.99. The van der Waals surface area contributed by atoms with Gasteiger partial charge in [-0.2, -0.15) is 0 Å². The minimum atomic E-state index is -0.705. The third kappa shape index (κ3) is 2.60. The Bertz CT molecular complexity index is 1460. The summed E-state index contributed by atoms with van der Waals surface area (Å²) in [6.07, 6.45) is 1.78. The third-order valence-electron chi connectivity index (χ3n) is 4.30. The fourth-order valence-corrected chi connectivity index (χ4v) is 3.12. The Balaban J connectivity index is 2.53. The van der Waals surface area contributed by atoms with E-state index in [2.05, 4.69) is 19.9 Å². The van der Waals surface area contributed by atoms with Gasteiger partial charge in [0.1, 0.15) is 0 Å². The van der Waals surface area contributed by atoms with E-state index in [0.717, 1.165) is 12.4 Å². The van der Waals surface area contributed by atoms with Gasteiger partial charge in [-0.1, -0.05) is 0 Å². The molecule has 3 aromatic heterocycles. The maximum absolute atomic E-state index is 12.6. The van der Waals surface area contributed by atoms with Gasteiger partial charge >= 0.3 is 0 Å². The summed E-state index contributed by atoms with van der Waals surface area (Å²) in [5.74, 6) is -1.21. The first kappa shape index (κ1) is 17.1. The lowest BCUT2D eigenvalue weighted by atomic mass is 9.99. The maximum atomic E-state index is 12.6. The van der Waals surface area contributed by atoms with Crippen LogP contribution in [-0.4, -0.2) is 30.1 Å². The summed E-state index contributed by atoms with van der Waals surface area (Å²) >= 11 is 0. The first-order valence-corrected chi connectivity index (χ1v) is 7.99. The summed E-state index contributed by atoms with van der Waals surface area (Å²) in [5.41, 5.74) is -2.81. The minimum Gasteiger partial charge on any atom is -0.493 e. The minimum absolute atomic E-state index is 0.0220. The topological polar surface area (TPSA) is 172 Å². The highest BCUT2D eigenvalue weighted by atomic mass is 16.3. The molecule has 0 aliphatic carbocycles. The molecule has 10 heteroatoms. The van der Waals surface area contributed by atoms with E-state index < -0.39 is 34.0 Å². The summed E-state index contributed by atoms with van der Waals surface area (Å²) < 4.78 is 0. The van der Waals surface area contributed by atoms with Crippen LogP contribution in [0.1, 0.15) is 0 Å². The van der Waals surface area contributed by atoms with Gasteiger partial charge in [0.25, 0.3) is 22.2 Å². The molecule has 28 heavy (non-hydrogen) atoms. The van der Waals surface area contributed by atoms with Crippen LogP contribution in [0.5, 0.6) is 11.8 Å².